The summed E-state index contributed by atoms with van der Waals surface area (Å²) in [4.78, 5) is 11.2. The van der Waals surface area contributed by atoms with Gasteiger partial charge in [0.05, 0.1) is 31.0 Å². The molecule has 3 nitrogen and oxygen atoms in total. The SMILES string of the molecule is CCCc1ccc(C2CCC(OCc3ccc(CC(C)=O)c(F)c3C(F)F)CO2)cc1. The van der Waals surface area contributed by atoms with Crippen LogP contribution in [0, 0.1) is 5.82 Å². The van der Waals surface area contributed by atoms with Crippen LogP contribution in [0.25, 0.3) is 0 Å². The molecule has 0 N–H and O–H groups in total. The molecule has 3 rings (SSSR count). The van der Waals surface area contributed by atoms with Gasteiger partial charge in [-0.2, -0.15) is 0 Å². The Morgan fingerprint density at radius 2 is 1.84 bits per heavy atom. The van der Waals surface area contributed by atoms with Gasteiger partial charge in [0.15, 0.2) is 0 Å². The second-order valence-corrected chi connectivity index (χ2v) is 8.11. The molecule has 1 saturated heterocycles. The molecule has 0 amide bonds. The van der Waals surface area contributed by atoms with Gasteiger partial charge >= 0.3 is 0 Å². The predicted octanol–water partition coefficient (Wildman–Crippen LogP) is 6.28. The lowest BCUT2D eigenvalue weighted by molar-refractivity contribution is -0.116. The number of halogens is 3. The van der Waals surface area contributed by atoms with E-state index in [9.17, 15) is 18.0 Å². The van der Waals surface area contributed by atoms with Crippen LogP contribution in [0.5, 0.6) is 0 Å². The summed E-state index contributed by atoms with van der Waals surface area (Å²) in [7, 11) is 0. The van der Waals surface area contributed by atoms with Gasteiger partial charge in [0.25, 0.3) is 6.43 Å². The molecule has 0 radical (unpaired) electrons. The molecule has 168 valence electrons. The maximum atomic E-state index is 14.5. The maximum Gasteiger partial charge on any atom is 0.267 e. The number of ether oxygens (including phenoxy) is 2. The minimum Gasteiger partial charge on any atom is -0.371 e. The Morgan fingerprint density at radius 3 is 2.42 bits per heavy atom. The number of hydrogen-bond acceptors (Lipinski definition) is 3. The molecule has 0 aliphatic carbocycles. The Balaban J connectivity index is 1.58. The predicted molar refractivity (Wildman–Crippen MR) is 113 cm³/mol. The van der Waals surface area contributed by atoms with E-state index in [0.29, 0.717) is 6.61 Å². The van der Waals surface area contributed by atoms with Crippen LogP contribution < -0.4 is 0 Å². The number of rotatable bonds is 9. The Hall–Kier alpha value is -2.18. The number of ketones is 1. The first-order chi connectivity index (χ1) is 14.9. The number of Topliss-reactive ketones (excluding diaryl/α,β-unsaturated/α-hetero) is 1. The van der Waals surface area contributed by atoms with Crippen molar-refractivity contribution < 1.29 is 27.4 Å². The molecule has 1 aliphatic heterocycles. The van der Waals surface area contributed by atoms with Crippen LogP contribution in [0.15, 0.2) is 36.4 Å². The largest absolute Gasteiger partial charge is 0.371 e. The topological polar surface area (TPSA) is 35.5 Å². The van der Waals surface area contributed by atoms with Crippen LogP contribution >= 0.6 is 0 Å². The van der Waals surface area contributed by atoms with E-state index in [4.69, 9.17) is 9.47 Å². The molecule has 1 fully saturated rings. The summed E-state index contributed by atoms with van der Waals surface area (Å²) in [5.74, 6) is -1.30. The zero-order chi connectivity index (χ0) is 22.4. The summed E-state index contributed by atoms with van der Waals surface area (Å²) < 4.78 is 53.2. The highest BCUT2D eigenvalue weighted by atomic mass is 19.3. The van der Waals surface area contributed by atoms with E-state index < -0.39 is 17.8 Å². The zero-order valence-electron chi connectivity index (χ0n) is 18.0. The van der Waals surface area contributed by atoms with E-state index in [1.54, 1.807) is 0 Å². The fraction of sp³-hybridized carbons (Fsp3) is 0.480. The van der Waals surface area contributed by atoms with Crippen molar-refractivity contribution in [2.75, 3.05) is 6.61 Å². The Kier molecular flexibility index (Phi) is 8.27. The van der Waals surface area contributed by atoms with E-state index in [0.717, 1.165) is 31.2 Å². The smallest absolute Gasteiger partial charge is 0.267 e. The number of carbonyl (C=O) groups is 1. The number of alkyl halides is 2. The second kappa shape index (κ2) is 10.9. The summed E-state index contributed by atoms with van der Waals surface area (Å²) in [6.07, 6.45) is 0.240. The molecule has 2 aromatic carbocycles. The molecule has 0 spiro atoms. The number of carbonyl (C=O) groups excluding carboxylic acids is 1. The van der Waals surface area contributed by atoms with E-state index in [2.05, 4.69) is 31.2 Å². The summed E-state index contributed by atoms with van der Waals surface area (Å²) >= 11 is 0. The Morgan fingerprint density at radius 1 is 1.13 bits per heavy atom. The van der Waals surface area contributed by atoms with Gasteiger partial charge in [-0.25, -0.2) is 13.2 Å². The minimum atomic E-state index is -2.98. The van der Waals surface area contributed by atoms with Crippen LogP contribution in [0.2, 0.25) is 0 Å². The molecule has 0 aromatic heterocycles. The molecule has 1 aliphatic rings. The van der Waals surface area contributed by atoms with Crippen LogP contribution in [0.3, 0.4) is 0 Å². The van der Waals surface area contributed by atoms with Crippen molar-refractivity contribution >= 4 is 5.78 Å². The molecule has 31 heavy (non-hydrogen) atoms. The summed E-state index contributed by atoms with van der Waals surface area (Å²) in [6, 6.07) is 11.3. The lowest BCUT2D eigenvalue weighted by atomic mass is 9.98. The first-order valence-corrected chi connectivity index (χ1v) is 10.8. The highest BCUT2D eigenvalue weighted by molar-refractivity contribution is 5.78. The number of hydrogen-bond donors (Lipinski definition) is 0. The highest BCUT2D eigenvalue weighted by Crippen LogP contribution is 2.32. The summed E-state index contributed by atoms with van der Waals surface area (Å²) in [6.45, 7) is 3.68. The van der Waals surface area contributed by atoms with Gasteiger partial charge in [-0.15, -0.1) is 0 Å². The lowest BCUT2D eigenvalue weighted by Crippen LogP contribution is -2.27. The lowest BCUT2D eigenvalue weighted by Gasteiger charge is -2.29. The maximum absolute atomic E-state index is 14.5. The van der Waals surface area contributed by atoms with Gasteiger partial charge in [-0.05, 0) is 48.4 Å². The van der Waals surface area contributed by atoms with Crippen LogP contribution in [-0.4, -0.2) is 18.5 Å². The van der Waals surface area contributed by atoms with E-state index in [1.807, 2.05) is 0 Å². The zero-order valence-corrected chi connectivity index (χ0v) is 18.0. The molecule has 1 heterocycles. The van der Waals surface area contributed by atoms with Crippen molar-refractivity contribution in [2.24, 2.45) is 0 Å². The molecule has 2 atom stereocenters. The second-order valence-electron chi connectivity index (χ2n) is 8.11. The van der Waals surface area contributed by atoms with E-state index >= 15 is 0 Å². The van der Waals surface area contributed by atoms with Gasteiger partial charge in [0.1, 0.15) is 11.6 Å². The number of aryl methyl sites for hydroxylation is 1. The van der Waals surface area contributed by atoms with Gasteiger partial charge < -0.3 is 9.47 Å². The van der Waals surface area contributed by atoms with E-state index in [-0.39, 0.29) is 42.1 Å². The van der Waals surface area contributed by atoms with Gasteiger partial charge in [0.2, 0.25) is 0 Å². The normalized spacial score (nSPS) is 19.0. The third kappa shape index (κ3) is 6.17. The molecular weight excluding hydrogens is 405 g/mol. The summed E-state index contributed by atoms with van der Waals surface area (Å²) in [5.41, 5.74) is 1.84. The molecule has 6 heteroatoms. The quantitative estimate of drug-likeness (QED) is 0.466. The van der Waals surface area contributed by atoms with Crippen molar-refractivity contribution in [1.82, 2.24) is 0 Å². The van der Waals surface area contributed by atoms with Crippen LogP contribution in [0.1, 0.15) is 73.5 Å². The standard InChI is InChI=1S/C25H29F3O3/c1-3-4-17-5-7-18(8-6-17)22-12-11-21(15-31-22)30-14-20-10-9-19(13-16(2)29)24(26)23(20)25(27)28/h5-10,21-22,25H,3-4,11-15H2,1-2H3. The molecule has 2 unspecified atom stereocenters. The van der Waals surface area contributed by atoms with Crippen molar-refractivity contribution in [3.63, 3.8) is 0 Å². The Bertz CT molecular complexity index is 872. The monoisotopic (exact) mass is 434 g/mol. The van der Waals surface area contributed by atoms with Gasteiger partial charge in [-0.3, -0.25) is 4.79 Å². The highest BCUT2D eigenvalue weighted by Gasteiger charge is 2.26. The first-order valence-electron chi connectivity index (χ1n) is 10.8. The van der Waals surface area contributed by atoms with Crippen molar-refractivity contribution in [2.45, 2.75) is 71.2 Å². The van der Waals surface area contributed by atoms with Crippen LogP contribution in [-0.2, 0) is 33.7 Å². The molecule has 0 bridgehead atoms. The Labute approximate surface area is 181 Å². The van der Waals surface area contributed by atoms with Crippen molar-refractivity contribution in [3.8, 4) is 0 Å². The van der Waals surface area contributed by atoms with Gasteiger partial charge in [0, 0.05) is 6.42 Å². The molecular formula is C25H29F3O3. The average Bonchev–Trinajstić information content (AvgIpc) is 2.74. The fourth-order valence-electron chi connectivity index (χ4n) is 3.96. The molecule has 0 saturated carbocycles. The van der Waals surface area contributed by atoms with Gasteiger partial charge in [-0.1, -0.05) is 49.7 Å². The number of benzene rings is 2. The molecule has 2 aromatic rings. The minimum absolute atomic E-state index is 0.00420. The fourth-order valence-corrected chi connectivity index (χ4v) is 3.96. The first kappa shape index (κ1) is 23.5. The third-order valence-corrected chi connectivity index (χ3v) is 5.61. The average molecular weight is 434 g/mol. The van der Waals surface area contributed by atoms with E-state index in [1.165, 1.54) is 24.6 Å². The third-order valence-electron chi connectivity index (χ3n) is 5.61. The summed E-state index contributed by atoms with van der Waals surface area (Å²) in [5, 5.41) is 0. The van der Waals surface area contributed by atoms with Crippen molar-refractivity contribution in [1.29, 1.82) is 0 Å². The van der Waals surface area contributed by atoms with Crippen LogP contribution in [0.4, 0.5) is 13.2 Å². The van der Waals surface area contributed by atoms with Crippen molar-refractivity contribution in [3.05, 3.63) is 70.0 Å².